The van der Waals surface area contributed by atoms with E-state index in [9.17, 15) is 33.2 Å². The highest BCUT2D eigenvalue weighted by Crippen LogP contribution is 2.10. The summed E-state index contributed by atoms with van der Waals surface area (Å²) in [7, 11) is 0. The lowest BCUT2D eigenvalue weighted by Crippen LogP contribution is -2.60. The summed E-state index contributed by atoms with van der Waals surface area (Å²) in [6.45, 7) is 4.08. The van der Waals surface area contributed by atoms with Crippen LogP contribution >= 0.6 is 0 Å². The number of primary amides is 1. The van der Waals surface area contributed by atoms with Gasteiger partial charge in [-0.3, -0.25) is 28.8 Å². The Morgan fingerprint density at radius 2 is 1.26 bits per heavy atom. The van der Waals surface area contributed by atoms with Crippen LogP contribution in [0, 0.1) is 5.82 Å². The van der Waals surface area contributed by atoms with Crippen molar-refractivity contribution in [3.05, 3.63) is 107 Å². The minimum Gasteiger partial charge on any atom is -0.368 e. The van der Waals surface area contributed by atoms with E-state index < -0.39 is 64.8 Å². The highest BCUT2D eigenvalue weighted by Gasteiger charge is 2.34. The smallest absolute Gasteiger partial charge is 0.290 e. The predicted molar refractivity (Wildman–Crippen MR) is 168 cm³/mol. The van der Waals surface area contributed by atoms with Crippen molar-refractivity contribution in [3.63, 3.8) is 0 Å². The van der Waals surface area contributed by atoms with Crippen LogP contribution in [0.25, 0.3) is 0 Å². The van der Waals surface area contributed by atoms with Crippen molar-refractivity contribution in [2.45, 2.75) is 63.7 Å². The van der Waals surface area contributed by atoms with Gasteiger partial charge in [0, 0.05) is 12.8 Å². The largest absolute Gasteiger partial charge is 0.368 e. The number of carbonyl (C=O) groups is 6. The molecule has 3 aromatic rings. The second-order valence-electron chi connectivity index (χ2n) is 11.4. The monoisotopic (exact) mass is 631 g/mol. The molecule has 11 nitrogen and oxygen atoms in total. The molecule has 12 heteroatoms. The number of hydrogen-bond donors (Lipinski definition) is 5. The molecule has 0 aliphatic heterocycles. The molecule has 0 aromatic heterocycles. The van der Waals surface area contributed by atoms with Gasteiger partial charge < -0.3 is 27.0 Å². The van der Waals surface area contributed by atoms with Gasteiger partial charge in [0.25, 0.3) is 5.91 Å². The summed E-state index contributed by atoms with van der Waals surface area (Å²) in [6, 6.07) is 19.2. The van der Waals surface area contributed by atoms with Gasteiger partial charge in [-0.05, 0) is 49.6 Å². The quantitative estimate of drug-likeness (QED) is 0.158. The second-order valence-corrected chi connectivity index (χ2v) is 11.4. The predicted octanol–water partition coefficient (Wildman–Crippen LogP) is 1.28. The lowest BCUT2D eigenvalue weighted by atomic mass is 10.0. The number of nitrogens with one attached hydrogen (secondary N) is 4. The lowest BCUT2D eigenvalue weighted by molar-refractivity contribution is -0.141. The first-order valence-corrected chi connectivity index (χ1v) is 14.6. The molecule has 3 rings (SSSR count). The first kappa shape index (κ1) is 35.1. The van der Waals surface area contributed by atoms with Crippen LogP contribution in [0.5, 0.6) is 0 Å². The normalized spacial score (nSPS) is 13.0. The molecule has 0 aliphatic carbocycles. The zero-order valence-electron chi connectivity index (χ0n) is 25.8. The fourth-order valence-corrected chi connectivity index (χ4v) is 4.46. The molecule has 3 atom stereocenters. The Kier molecular flexibility index (Phi) is 12.3. The standard InChI is InChI=1S/C34H38FN5O6/c1-21(29(42)32(45)39-27(18-22-11-6-4-7-12-22)31(44)40-34(2,3)33(36)46)37-30(43)26(19-24-15-10-16-25(35)17-24)38-28(41)20-23-13-8-5-9-14-23/h4-17,21,26-27H,18-20H2,1-3H3,(H2,36,46)(H,37,43)(H,38,41)(H,39,45)(H,40,44). The van der Waals surface area contributed by atoms with Gasteiger partial charge in [-0.2, -0.15) is 0 Å². The molecule has 5 amide bonds. The molecular formula is C34H38FN5O6. The van der Waals surface area contributed by atoms with Crippen molar-refractivity contribution in [2.75, 3.05) is 0 Å². The molecule has 3 aromatic carbocycles. The fraction of sp³-hybridized carbons (Fsp3) is 0.294. The minimum atomic E-state index is -1.44. The van der Waals surface area contributed by atoms with Gasteiger partial charge in [0.1, 0.15) is 23.4 Å². The molecule has 6 N–H and O–H groups in total. The van der Waals surface area contributed by atoms with Gasteiger partial charge in [-0.1, -0.05) is 72.8 Å². The van der Waals surface area contributed by atoms with Crippen molar-refractivity contribution in [3.8, 4) is 0 Å². The summed E-state index contributed by atoms with van der Waals surface area (Å²) in [5.41, 5.74) is 5.73. The number of carbonyl (C=O) groups excluding carboxylic acids is 6. The first-order valence-electron chi connectivity index (χ1n) is 14.6. The van der Waals surface area contributed by atoms with E-state index in [2.05, 4.69) is 21.3 Å². The fourth-order valence-electron chi connectivity index (χ4n) is 4.46. The Balaban J connectivity index is 1.73. The zero-order valence-corrected chi connectivity index (χ0v) is 25.8. The van der Waals surface area contributed by atoms with Crippen LogP contribution in [-0.2, 0) is 48.0 Å². The number of amides is 5. The average molecular weight is 632 g/mol. The molecule has 0 saturated carbocycles. The van der Waals surface area contributed by atoms with Gasteiger partial charge >= 0.3 is 0 Å². The van der Waals surface area contributed by atoms with Crippen molar-refractivity contribution in [1.29, 1.82) is 0 Å². The van der Waals surface area contributed by atoms with E-state index in [-0.39, 0.29) is 19.3 Å². The van der Waals surface area contributed by atoms with E-state index >= 15 is 0 Å². The highest BCUT2D eigenvalue weighted by atomic mass is 19.1. The van der Waals surface area contributed by atoms with E-state index in [1.165, 1.54) is 39.0 Å². The van der Waals surface area contributed by atoms with E-state index in [0.29, 0.717) is 16.7 Å². The Morgan fingerprint density at radius 1 is 0.717 bits per heavy atom. The van der Waals surface area contributed by atoms with Gasteiger partial charge in [0.2, 0.25) is 29.4 Å². The zero-order chi connectivity index (χ0) is 33.9. The topological polar surface area (TPSA) is 177 Å². The number of benzene rings is 3. The van der Waals surface area contributed by atoms with Crippen LogP contribution < -0.4 is 27.0 Å². The van der Waals surface area contributed by atoms with Crippen molar-refractivity contribution < 1.29 is 33.2 Å². The first-order chi connectivity index (χ1) is 21.7. The van der Waals surface area contributed by atoms with E-state index in [1.807, 2.05) is 0 Å². The molecule has 0 fully saturated rings. The summed E-state index contributed by atoms with van der Waals surface area (Å²) in [5, 5.41) is 9.97. The van der Waals surface area contributed by atoms with E-state index in [0.717, 1.165) is 0 Å². The molecule has 0 saturated heterocycles. The van der Waals surface area contributed by atoms with Gasteiger partial charge in [0.15, 0.2) is 0 Å². The lowest BCUT2D eigenvalue weighted by Gasteiger charge is -2.26. The maximum Gasteiger partial charge on any atom is 0.290 e. The maximum atomic E-state index is 13.9. The molecular weight excluding hydrogens is 593 g/mol. The van der Waals surface area contributed by atoms with E-state index in [4.69, 9.17) is 5.73 Å². The third-order valence-electron chi connectivity index (χ3n) is 7.12. The summed E-state index contributed by atoms with van der Waals surface area (Å²) < 4.78 is 13.9. The van der Waals surface area contributed by atoms with Crippen LogP contribution in [0.15, 0.2) is 84.9 Å². The Morgan fingerprint density at radius 3 is 1.85 bits per heavy atom. The molecule has 0 aliphatic rings. The Hall–Kier alpha value is -5.39. The molecule has 3 unspecified atom stereocenters. The summed E-state index contributed by atoms with van der Waals surface area (Å²) in [6.07, 6.45) is -0.126. The Bertz CT molecular complexity index is 1560. The molecule has 0 bridgehead atoms. The number of rotatable bonds is 15. The average Bonchev–Trinajstić information content (AvgIpc) is 3.00. The number of hydrogen-bond acceptors (Lipinski definition) is 6. The van der Waals surface area contributed by atoms with Crippen LogP contribution in [0.2, 0.25) is 0 Å². The van der Waals surface area contributed by atoms with Crippen LogP contribution in [0.4, 0.5) is 4.39 Å². The second kappa shape index (κ2) is 16.1. The third-order valence-corrected chi connectivity index (χ3v) is 7.12. The van der Waals surface area contributed by atoms with Gasteiger partial charge in [0.05, 0.1) is 12.5 Å². The number of Topliss-reactive ketones (excluding diaryl/α,β-unsaturated/α-hetero) is 1. The van der Waals surface area contributed by atoms with Crippen molar-refractivity contribution >= 4 is 35.3 Å². The molecule has 0 heterocycles. The number of nitrogens with two attached hydrogens (primary N) is 1. The third kappa shape index (κ3) is 10.7. The van der Waals surface area contributed by atoms with E-state index in [1.54, 1.807) is 66.7 Å². The molecule has 242 valence electrons. The van der Waals surface area contributed by atoms with Crippen molar-refractivity contribution in [1.82, 2.24) is 21.3 Å². The SMILES string of the molecule is CC(NC(=O)C(Cc1cccc(F)c1)NC(=O)Cc1ccccc1)C(=O)C(=O)NC(Cc1ccccc1)C(=O)NC(C)(C)C(N)=O. The summed E-state index contributed by atoms with van der Waals surface area (Å²) >= 11 is 0. The van der Waals surface area contributed by atoms with Crippen LogP contribution in [-0.4, -0.2) is 59.0 Å². The van der Waals surface area contributed by atoms with Crippen LogP contribution in [0.3, 0.4) is 0 Å². The highest BCUT2D eigenvalue weighted by molar-refractivity contribution is 6.38. The molecule has 46 heavy (non-hydrogen) atoms. The van der Waals surface area contributed by atoms with Gasteiger partial charge in [-0.15, -0.1) is 0 Å². The molecule has 0 spiro atoms. The van der Waals surface area contributed by atoms with Crippen LogP contribution in [0.1, 0.15) is 37.5 Å². The number of ketones is 1. The maximum absolute atomic E-state index is 13.9. The van der Waals surface area contributed by atoms with Gasteiger partial charge in [-0.25, -0.2) is 4.39 Å². The Labute approximate surface area is 266 Å². The van der Waals surface area contributed by atoms with Crippen molar-refractivity contribution in [2.24, 2.45) is 5.73 Å². The summed E-state index contributed by atoms with van der Waals surface area (Å²) in [5.74, 6) is -5.55. The number of halogens is 1. The summed E-state index contributed by atoms with van der Waals surface area (Å²) in [4.78, 5) is 77.2. The minimum absolute atomic E-state index is 0.00949. The molecule has 0 radical (unpaired) electrons.